The summed E-state index contributed by atoms with van der Waals surface area (Å²) in [6.45, 7) is 5.23. The molecule has 2 aliphatic rings. The van der Waals surface area contributed by atoms with E-state index in [0.29, 0.717) is 13.1 Å². The number of hydrogen-bond donors (Lipinski definition) is 0. The van der Waals surface area contributed by atoms with Crippen LogP contribution in [-0.4, -0.2) is 30.2 Å². The second kappa shape index (κ2) is 6.19. The minimum absolute atomic E-state index is 0.00740. The maximum Gasteiger partial charge on any atom is 0.410 e. The molecule has 1 atom stereocenters. The molecule has 0 radical (unpaired) electrons. The third kappa shape index (κ3) is 2.96. The van der Waals surface area contributed by atoms with Gasteiger partial charge in [-0.3, -0.25) is 0 Å². The average molecular weight is 322 g/mol. The van der Waals surface area contributed by atoms with Gasteiger partial charge in [-0.2, -0.15) is 0 Å². The van der Waals surface area contributed by atoms with Gasteiger partial charge >= 0.3 is 6.09 Å². The van der Waals surface area contributed by atoms with Crippen molar-refractivity contribution in [3.8, 4) is 0 Å². The van der Waals surface area contributed by atoms with Crippen LogP contribution in [-0.2, 0) is 24.2 Å². The van der Waals surface area contributed by atoms with Gasteiger partial charge in [0.25, 0.3) is 0 Å². The molecule has 4 rings (SSSR count). The van der Waals surface area contributed by atoms with E-state index in [0.717, 1.165) is 25.1 Å². The Morgan fingerprint density at radius 2 is 1.67 bits per heavy atom. The van der Waals surface area contributed by atoms with Gasteiger partial charge in [0.2, 0.25) is 0 Å². The van der Waals surface area contributed by atoms with Crippen LogP contribution in [0, 0.1) is 0 Å². The van der Waals surface area contributed by atoms with Gasteiger partial charge in [0.1, 0.15) is 6.10 Å². The zero-order valence-electron chi connectivity index (χ0n) is 13.9. The minimum Gasteiger partial charge on any atom is -0.444 e. The van der Waals surface area contributed by atoms with Crippen molar-refractivity contribution in [3.05, 3.63) is 65.2 Å². The summed E-state index contributed by atoms with van der Waals surface area (Å²) >= 11 is 0. The van der Waals surface area contributed by atoms with Gasteiger partial charge in [-0.15, -0.1) is 0 Å². The Kier molecular flexibility index (Phi) is 3.89. The molecule has 0 aromatic heterocycles. The fraction of sp³-hybridized carbons (Fsp3) is 0.350. The molecule has 0 spiro atoms. The topological polar surface area (TPSA) is 32.8 Å². The number of amides is 1. The van der Waals surface area contributed by atoms with Gasteiger partial charge < -0.3 is 14.5 Å². The summed E-state index contributed by atoms with van der Waals surface area (Å²) < 4.78 is 5.17. The molecule has 1 saturated heterocycles. The van der Waals surface area contributed by atoms with Gasteiger partial charge in [-0.05, 0) is 36.1 Å². The SMILES string of the molecule is C[C@@H]1CN(Cc2ccc(CN3CCc4ccccc43)cc2)C(=O)O1. The van der Waals surface area contributed by atoms with E-state index in [1.165, 1.54) is 16.8 Å². The first-order valence-electron chi connectivity index (χ1n) is 8.55. The van der Waals surface area contributed by atoms with Gasteiger partial charge in [-0.1, -0.05) is 42.5 Å². The third-order valence-corrected chi connectivity index (χ3v) is 4.79. The first-order valence-corrected chi connectivity index (χ1v) is 8.55. The highest BCUT2D eigenvalue weighted by molar-refractivity contribution is 5.69. The van der Waals surface area contributed by atoms with Crippen molar-refractivity contribution < 1.29 is 9.53 Å². The second-order valence-corrected chi connectivity index (χ2v) is 6.69. The van der Waals surface area contributed by atoms with Gasteiger partial charge in [0.05, 0.1) is 6.54 Å². The maximum atomic E-state index is 11.7. The number of cyclic esters (lactones) is 1. The highest BCUT2D eigenvalue weighted by Crippen LogP contribution is 2.28. The molecule has 2 heterocycles. The summed E-state index contributed by atoms with van der Waals surface area (Å²) in [7, 11) is 0. The Labute approximate surface area is 142 Å². The number of anilines is 1. The lowest BCUT2D eigenvalue weighted by Gasteiger charge is -2.20. The minimum atomic E-state index is -0.208. The molecule has 4 nitrogen and oxygen atoms in total. The molecule has 0 bridgehead atoms. The smallest absolute Gasteiger partial charge is 0.410 e. The van der Waals surface area contributed by atoms with E-state index in [-0.39, 0.29) is 12.2 Å². The average Bonchev–Trinajstić information content (AvgIpc) is 3.13. The van der Waals surface area contributed by atoms with Crippen molar-refractivity contribution in [2.24, 2.45) is 0 Å². The Hall–Kier alpha value is -2.49. The number of fused-ring (bicyclic) bond motifs is 1. The van der Waals surface area contributed by atoms with E-state index in [4.69, 9.17) is 4.74 Å². The molecule has 4 heteroatoms. The fourth-order valence-electron chi connectivity index (χ4n) is 3.56. The lowest BCUT2D eigenvalue weighted by atomic mass is 10.1. The molecule has 0 unspecified atom stereocenters. The van der Waals surface area contributed by atoms with Crippen molar-refractivity contribution in [1.29, 1.82) is 0 Å². The Morgan fingerprint density at radius 1 is 1.00 bits per heavy atom. The van der Waals surface area contributed by atoms with Crippen LogP contribution >= 0.6 is 0 Å². The molecule has 0 saturated carbocycles. The standard InChI is InChI=1S/C20H22N2O2/c1-15-12-22(20(23)24-15)14-17-8-6-16(7-9-17)13-21-11-10-18-4-2-3-5-19(18)21/h2-9,15H,10-14H2,1H3/t15-/m1/s1. The number of ether oxygens (including phenoxy) is 1. The Bertz CT molecular complexity index is 742. The fourth-order valence-corrected chi connectivity index (χ4v) is 3.56. The van der Waals surface area contributed by atoms with Crippen LogP contribution in [0.1, 0.15) is 23.6 Å². The van der Waals surface area contributed by atoms with Crippen molar-refractivity contribution in [2.45, 2.75) is 32.5 Å². The maximum absolute atomic E-state index is 11.7. The van der Waals surface area contributed by atoms with Gasteiger partial charge in [0.15, 0.2) is 0 Å². The quantitative estimate of drug-likeness (QED) is 0.862. The van der Waals surface area contributed by atoms with Crippen LogP contribution in [0.2, 0.25) is 0 Å². The Balaban J connectivity index is 1.41. The monoisotopic (exact) mass is 322 g/mol. The van der Waals surface area contributed by atoms with E-state index in [9.17, 15) is 4.79 Å². The number of rotatable bonds is 4. The zero-order valence-corrected chi connectivity index (χ0v) is 13.9. The number of hydrogen-bond acceptors (Lipinski definition) is 3. The van der Waals surface area contributed by atoms with E-state index in [1.54, 1.807) is 4.90 Å². The predicted octanol–water partition coefficient (Wildman–Crippen LogP) is 3.59. The number of benzene rings is 2. The highest BCUT2D eigenvalue weighted by atomic mass is 16.6. The largest absolute Gasteiger partial charge is 0.444 e. The van der Waals surface area contributed by atoms with Crippen LogP contribution in [0.3, 0.4) is 0 Å². The van der Waals surface area contributed by atoms with Gasteiger partial charge in [-0.25, -0.2) is 4.79 Å². The second-order valence-electron chi connectivity index (χ2n) is 6.69. The highest BCUT2D eigenvalue weighted by Gasteiger charge is 2.27. The lowest BCUT2D eigenvalue weighted by molar-refractivity contribution is 0.137. The molecule has 124 valence electrons. The van der Waals surface area contributed by atoms with Crippen molar-refractivity contribution in [3.63, 3.8) is 0 Å². The summed E-state index contributed by atoms with van der Waals surface area (Å²) in [5.74, 6) is 0. The lowest BCUT2D eigenvalue weighted by Crippen LogP contribution is -2.24. The molecule has 0 aliphatic carbocycles. The van der Waals surface area contributed by atoms with Crippen LogP contribution in [0.15, 0.2) is 48.5 Å². The summed E-state index contributed by atoms with van der Waals surface area (Å²) in [5.41, 5.74) is 5.24. The molecule has 2 aromatic rings. The molecule has 1 amide bonds. The van der Waals surface area contributed by atoms with Crippen molar-refractivity contribution >= 4 is 11.8 Å². The third-order valence-electron chi connectivity index (χ3n) is 4.79. The molecular weight excluding hydrogens is 300 g/mol. The van der Waals surface area contributed by atoms with Crippen molar-refractivity contribution in [1.82, 2.24) is 4.90 Å². The van der Waals surface area contributed by atoms with Crippen LogP contribution in [0.25, 0.3) is 0 Å². The molecule has 0 N–H and O–H groups in total. The van der Waals surface area contributed by atoms with Gasteiger partial charge in [0, 0.05) is 25.3 Å². The number of carbonyl (C=O) groups excluding carboxylic acids is 1. The van der Waals surface area contributed by atoms with Crippen LogP contribution < -0.4 is 4.90 Å². The summed E-state index contributed by atoms with van der Waals surface area (Å²) in [6, 6.07) is 17.2. The molecule has 2 aromatic carbocycles. The summed E-state index contributed by atoms with van der Waals surface area (Å²) in [5, 5.41) is 0. The molecule has 1 fully saturated rings. The van der Waals surface area contributed by atoms with Crippen molar-refractivity contribution in [2.75, 3.05) is 18.0 Å². The zero-order chi connectivity index (χ0) is 16.5. The van der Waals surface area contributed by atoms with E-state index in [1.807, 2.05) is 6.92 Å². The normalized spacial score (nSPS) is 19.5. The predicted molar refractivity (Wildman–Crippen MR) is 94.0 cm³/mol. The first kappa shape index (κ1) is 15.1. The first-order chi connectivity index (χ1) is 11.7. The van der Waals surface area contributed by atoms with E-state index in [2.05, 4.69) is 53.4 Å². The van der Waals surface area contributed by atoms with Crippen LogP contribution in [0.5, 0.6) is 0 Å². The number of para-hydroxylation sites is 1. The molecule has 2 aliphatic heterocycles. The summed E-state index contributed by atoms with van der Waals surface area (Å²) in [6.07, 6.45) is 0.913. The molecule has 24 heavy (non-hydrogen) atoms. The van der Waals surface area contributed by atoms with E-state index >= 15 is 0 Å². The Morgan fingerprint density at radius 3 is 2.33 bits per heavy atom. The van der Waals surface area contributed by atoms with Crippen LogP contribution in [0.4, 0.5) is 10.5 Å². The number of nitrogens with zero attached hydrogens (tertiary/aromatic N) is 2. The molecular formula is C20H22N2O2. The van der Waals surface area contributed by atoms with E-state index < -0.39 is 0 Å². The summed E-state index contributed by atoms with van der Waals surface area (Å²) in [4.78, 5) is 15.9. The number of carbonyl (C=O) groups is 1.